The van der Waals surface area contributed by atoms with Crippen molar-refractivity contribution in [1.82, 2.24) is 10.2 Å². The molecule has 1 N–H and O–H groups in total. The molecule has 1 saturated carbocycles. The number of halogens is 1. The van der Waals surface area contributed by atoms with E-state index in [1.165, 1.54) is 36.3 Å². The third-order valence-electron chi connectivity index (χ3n) is 7.85. The van der Waals surface area contributed by atoms with Gasteiger partial charge in [0, 0.05) is 12.6 Å². The lowest BCUT2D eigenvalue weighted by atomic mass is 9.95. The van der Waals surface area contributed by atoms with E-state index in [-0.39, 0.29) is 29.1 Å². The smallest absolute Gasteiger partial charge is 0.264 e. The summed E-state index contributed by atoms with van der Waals surface area (Å²) in [7, 11) is -2.67. The number of hydrogen-bond donors (Lipinski definition) is 1. The monoisotopic (exact) mass is 609 g/mol. The molecule has 0 aliphatic heterocycles. The van der Waals surface area contributed by atoms with Gasteiger partial charge >= 0.3 is 0 Å². The number of aryl methyl sites for hydroxylation is 1. The molecule has 43 heavy (non-hydrogen) atoms. The molecule has 0 saturated heterocycles. The van der Waals surface area contributed by atoms with E-state index in [9.17, 15) is 22.4 Å². The van der Waals surface area contributed by atoms with Crippen LogP contribution >= 0.6 is 0 Å². The molecule has 3 aromatic carbocycles. The summed E-state index contributed by atoms with van der Waals surface area (Å²) in [5, 5.41) is 3.12. The molecule has 0 radical (unpaired) electrons. The van der Waals surface area contributed by atoms with Gasteiger partial charge in [-0.2, -0.15) is 0 Å². The molecule has 1 atom stereocenters. The number of nitrogens with zero attached hydrogens (tertiary/aromatic N) is 2. The Balaban J connectivity index is 1.70. The Hall–Kier alpha value is -3.92. The molecule has 1 fully saturated rings. The molecule has 0 heterocycles. The first kappa shape index (κ1) is 32.0. The summed E-state index contributed by atoms with van der Waals surface area (Å²) < 4.78 is 48.0. The quantitative estimate of drug-likeness (QED) is 0.289. The van der Waals surface area contributed by atoms with E-state index < -0.39 is 34.3 Å². The zero-order valence-electron chi connectivity index (χ0n) is 25.0. The van der Waals surface area contributed by atoms with Crippen molar-refractivity contribution in [3.8, 4) is 5.75 Å². The van der Waals surface area contributed by atoms with Crippen LogP contribution in [0.2, 0.25) is 0 Å². The molecule has 1 aliphatic carbocycles. The van der Waals surface area contributed by atoms with Crippen LogP contribution in [-0.2, 0) is 26.2 Å². The average Bonchev–Trinajstić information content (AvgIpc) is 3.01. The number of anilines is 1. The summed E-state index contributed by atoms with van der Waals surface area (Å²) in [6.45, 7) is 3.14. The second kappa shape index (κ2) is 14.5. The van der Waals surface area contributed by atoms with E-state index >= 15 is 0 Å². The number of carbonyl (C=O) groups is 2. The van der Waals surface area contributed by atoms with Crippen LogP contribution in [0.3, 0.4) is 0 Å². The molecule has 0 bridgehead atoms. The number of carbonyl (C=O) groups excluding carboxylic acids is 2. The molecule has 8 nitrogen and oxygen atoms in total. The third kappa shape index (κ3) is 8.13. The summed E-state index contributed by atoms with van der Waals surface area (Å²) in [5.41, 5.74) is 1.79. The molecule has 4 rings (SSSR count). The molecule has 10 heteroatoms. The van der Waals surface area contributed by atoms with Crippen molar-refractivity contribution < 1.29 is 27.1 Å². The first-order chi connectivity index (χ1) is 20.6. The molecule has 0 spiro atoms. The molecular weight excluding hydrogens is 569 g/mol. The van der Waals surface area contributed by atoms with Gasteiger partial charge in [-0.25, -0.2) is 12.8 Å². The minimum atomic E-state index is -4.18. The predicted molar refractivity (Wildman–Crippen MR) is 165 cm³/mol. The topological polar surface area (TPSA) is 96.0 Å². The van der Waals surface area contributed by atoms with Crippen LogP contribution in [-0.4, -0.2) is 50.9 Å². The minimum Gasteiger partial charge on any atom is -0.497 e. The number of methoxy groups -OCH3 is 1. The molecule has 2 amide bonds. The molecule has 3 aromatic rings. The lowest BCUT2D eigenvalue weighted by molar-refractivity contribution is -0.140. The van der Waals surface area contributed by atoms with Crippen molar-refractivity contribution in [2.45, 2.75) is 75.9 Å². The summed E-state index contributed by atoms with van der Waals surface area (Å²) in [5.74, 6) is -0.714. The van der Waals surface area contributed by atoms with Gasteiger partial charge in [0.1, 0.15) is 24.2 Å². The number of nitrogens with one attached hydrogen (secondary N) is 1. The molecule has 0 unspecified atom stereocenters. The van der Waals surface area contributed by atoms with Gasteiger partial charge in [0.05, 0.1) is 17.7 Å². The highest BCUT2D eigenvalue weighted by molar-refractivity contribution is 7.92. The fourth-order valence-electron chi connectivity index (χ4n) is 5.36. The Labute approximate surface area is 253 Å². The highest BCUT2D eigenvalue weighted by Gasteiger charge is 2.34. The minimum absolute atomic E-state index is 0.0107. The van der Waals surface area contributed by atoms with Gasteiger partial charge in [0.25, 0.3) is 10.0 Å². The van der Waals surface area contributed by atoms with Crippen LogP contribution in [0.1, 0.15) is 56.6 Å². The van der Waals surface area contributed by atoms with Gasteiger partial charge in [0.15, 0.2) is 0 Å². The summed E-state index contributed by atoms with van der Waals surface area (Å²) >= 11 is 0. The number of hydrogen-bond acceptors (Lipinski definition) is 5. The van der Waals surface area contributed by atoms with E-state index in [0.717, 1.165) is 42.0 Å². The predicted octanol–water partition coefficient (Wildman–Crippen LogP) is 5.59. The van der Waals surface area contributed by atoms with Crippen molar-refractivity contribution in [1.29, 1.82) is 0 Å². The maximum atomic E-state index is 14.2. The standard InChI is InChI=1S/C33H40FN3O5S/c1-4-31(33(39)35-27-8-6-5-7-9-27)36(22-25-12-14-26(34)15-13-25)32(38)23-37(28-16-18-29(42-3)19-17-28)43(40,41)30-20-10-24(2)11-21-30/h10-21,27,31H,4-9,22-23H2,1-3H3,(H,35,39)/t31-/m1/s1. The second-order valence-corrected chi connectivity index (χ2v) is 12.8. The van der Waals surface area contributed by atoms with Crippen LogP contribution in [0.4, 0.5) is 10.1 Å². The number of benzene rings is 3. The van der Waals surface area contributed by atoms with Crippen molar-refractivity contribution in [2.24, 2.45) is 0 Å². The first-order valence-corrected chi connectivity index (χ1v) is 16.1. The fraction of sp³-hybridized carbons (Fsp3) is 0.394. The van der Waals surface area contributed by atoms with Crippen LogP contribution in [0.5, 0.6) is 5.75 Å². The van der Waals surface area contributed by atoms with Crippen molar-refractivity contribution in [3.63, 3.8) is 0 Å². The Morgan fingerprint density at radius 2 is 1.58 bits per heavy atom. The number of rotatable bonds is 12. The lowest BCUT2D eigenvalue weighted by Gasteiger charge is -2.34. The first-order valence-electron chi connectivity index (χ1n) is 14.7. The Kier molecular flexibility index (Phi) is 10.8. The maximum absolute atomic E-state index is 14.2. The Morgan fingerprint density at radius 3 is 2.16 bits per heavy atom. The van der Waals surface area contributed by atoms with E-state index in [1.54, 1.807) is 48.5 Å². The van der Waals surface area contributed by atoms with Gasteiger partial charge in [0.2, 0.25) is 11.8 Å². The summed E-state index contributed by atoms with van der Waals surface area (Å²) in [4.78, 5) is 29.2. The van der Waals surface area contributed by atoms with E-state index in [1.807, 2.05) is 13.8 Å². The van der Waals surface area contributed by atoms with Crippen molar-refractivity contribution >= 4 is 27.5 Å². The SMILES string of the molecule is CC[C@H](C(=O)NC1CCCCC1)N(Cc1ccc(F)cc1)C(=O)CN(c1ccc(OC)cc1)S(=O)(=O)c1ccc(C)cc1. The highest BCUT2D eigenvalue weighted by atomic mass is 32.2. The lowest BCUT2D eigenvalue weighted by Crippen LogP contribution is -2.54. The second-order valence-electron chi connectivity index (χ2n) is 10.9. The number of ether oxygens (including phenoxy) is 1. The third-order valence-corrected chi connectivity index (χ3v) is 9.64. The number of amides is 2. The summed E-state index contributed by atoms with van der Waals surface area (Å²) in [6.07, 6.45) is 5.29. The maximum Gasteiger partial charge on any atom is 0.264 e. The Bertz CT molecular complexity index is 1470. The Morgan fingerprint density at radius 1 is 0.953 bits per heavy atom. The van der Waals surface area contributed by atoms with E-state index in [2.05, 4.69) is 5.32 Å². The van der Waals surface area contributed by atoms with E-state index in [0.29, 0.717) is 17.7 Å². The fourth-order valence-corrected chi connectivity index (χ4v) is 6.78. The largest absolute Gasteiger partial charge is 0.497 e. The normalized spacial score (nSPS) is 14.5. The molecule has 0 aromatic heterocycles. The van der Waals surface area contributed by atoms with Crippen LogP contribution in [0.15, 0.2) is 77.7 Å². The van der Waals surface area contributed by atoms with Gasteiger partial charge < -0.3 is 15.0 Å². The van der Waals surface area contributed by atoms with Gasteiger partial charge in [-0.15, -0.1) is 0 Å². The highest BCUT2D eigenvalue weighted by Crippen LogP contribution is 2.27. The summed E-state index contributed by atoms with van der Waals surface area (Å²) in [6, 6.07) is 17.7. The van der Waals surface area contributed by atoms with Gasteiger partial charge in [-0.05, 0) is 80.3 Å². The van der Waals surface area contributed by atoms with Gasteiger partial charge in [-0.3, -0.25) is 13.9 Å². The van der Waals surface area contributed by atoms with Crippen LogP contribution in [0.25, 0.3) is 0 Å². The molecular formula is C33H40FN3O5S. The van der Waals surface area contributed by atoms with E-state index in [4.69, 9.17) is 4.74 Å². The van der Waals surface area contributed by atoms with Crippen LogP contribution < -0.4 is 14.4 Å². The zero-order chi connectivity index (χ0) is 31.0. The van der Waals surface area contributed by atoms with Gasteiger partial charge in [-0.1, -0.05) is 56.0 Å². The van der Waals surface area contributed by atoms with Crippen molar-refractivity contribution in [2.75, 3.05) is 18.0 Å². The average molecular weight is 610 g/mol. The van der Waals surface area contributed by atoms with Crippen molar-refractivity contribution in [3.05, 3.63) is 89.7 Å². The number of sulfonamides is 1. The van der Waals surface area contributed by atoms with Crippen LogP contribution in [0, 0.1) is 12.7 Å². The molecule has 1 aliphatic rings. The zero-order valence-corrected chi connectivity index (χ0v) is 25.8. The molecule has 230 valence electrons.